The molecule has 106 valence electrons. The molecule has 2 nitrogen and oxygen atoms in total. The average Bonchev–Trinajstić information content (AvgIpc) is 2.37. The Balaban J connectivity index is 2.17. The number of rotatable bonds is 4. The van der Waals surface area contributed by atoms with E-state index in [1.807, 2.05) is 25.1 Å². The molecule has 0 radical (unpaired) electrons. The Bertz CT molecular complexity index is 617. The first-order chi connectivity index (χ1) is 9.45. The minimum absolute atomic E-state index is 0.0960. The van der Waals surface area contributed by atoms with Gasteiger partial charge < -0.3 is 10.5 Å². The fraction of sp³-hybridized carbons (Fsp3) is 0.200. The fourth-order valence-electron chi connectivity index (χ4n) is 1.78. The van der Waals surface area contributed by atoms with Crippen LogP contribution in [-0.4, -0.2) is 6.04 Å². The molecule has 0 bridgehead atoms. The summed E-state index contributed by atoms with van der Waals surface area (Å²) in [6.07, 6.45) is 0.785. The van der Waals surface area contributed by atoms with Crippen molar-refractivity contribution in [3.8, 4) is 11.5 Å². The standard InChI is InChI=1S/C15H14Br2FNO/c1-9(19)6-10-2-3-11(7-14(10)17)20-12-4-5-13(16)15(18)8-12/h2-5,7-9H,6,19H2,1H3. The van der Waals surface area contributed by atoms with Crippen molar-refractivity contribution in [3.05, 3.63) is 56.7 Å². The first-order valence-electron chi connectivity index (χ1n) is 6.12. The lowest BCUT2D eigenvalue weighted by atomic mass is 10.1. The number of halogens is 3. The molecule has 0 aliphatic carbocycles. The third-order valence-electron chi connectivity index (χ3n) is 2.69. The van der Waals surface area contributed by atoms with E-state index in [4.69, 9.17) is 10.5 Å². The summed E-state index contributed by atoms with van der Waals surface area (Å²) in [5.41, 5.74) is 6.91. The zero-order valence-electron chi connectivity index (χ0n) is 10.9. The van der Waals surface area contributed by atoms with Crippen molar-refractivity contribution in [2.75, 3.05) is 0 Å². The van der Waals surface area contributed by atoms with Crippen LogP contribution in [0.3, 0.4) is 0 Å². The predicted octanol–water partition coefficient (Wildman–Crippen LogP) is 5.03. The highest BCUT2D eigenvalue weighted by atomic mass is 79.9. The van der Waals surface area contributed by atoms with Crippen LogP contribution in [0.2, 0.25) is 0 Å². The van der Waals surface area contributed by atoms with Crippen LogP contribution in [0.25, 0.3) is 0 Å². The fourth-order valence-corrected chi connectivity index (χ4v) is 2.55. The lowest BCUT2D eigenvalue weighted by Gasteiger charge is -2.11. The van der Waals surface area contributed by atoms with Gasteiger partial charge in [0, 0.05) is 16.6 Å². The molecule has 1 unspecified atom stereocenters. The largest absolute Gasteiger partial charge is 0.457 e. The predicted molar refractivity (Wildman–Crippen MR) is 85.7 cm³/mol. The summed E-state index contributed by atoms with van der Waals surface area (Å²) in [5.74, 6) is 0.750. The Morgan fingerprint density at radius 2 is 1.75 bits per heavy atom. The minimum Gasteiger partial charge on any atom is -0.457 e. The molecule has 0 saturated heterocycles. The van der Waals surface area contributed by atoms with Gasteiger partial charge in [-0.15, -0.1) is 0 Å². The first kappa shape index (κ1) is 15.5. The lowest BCUT2D eigenvalue weighted by Crippen LogP contribution is -2.17. The molecule has 0 spiro atoms. The molecule has 2 N–H and O–H groups in total. The van der Waals surface area contributed by atoms with Gasteiger partial charge in [-0.2, -0.15) is 0 Å². The molecule has 5 heteroatoms. The molecule has 2 aromatic rings. The summed E-state index contributed by atoms with van der Waals surface area (Å²) in [5, 5.41) is 0. The maximum Gasteiger partial charge on any atom is 0.141 e. The van der Waals surface area contributed by atoms with E-state index in [1.54, 1.807) is 12.1 Å². The summed E-state index contributed by atoms with van der Waals surface area (Å²) in [4.78, 5) is 0. The molecule has 0 heterocycles. The highest BCUT2D eigenvalue weighted by molar-refractivity contribution is 9.10. The number of hydrogen-bond donors (Lipinski definition) is 1. The van der Waals surface area contributed by atoms with Crippen molar-refractivity contribution in [2.24, 2.45) is 5.73 Å². The molecule has 0 aliphatic heterocycles. The quantitative estimate of drug-likeness (QED) is 0.777. The van der Waals surface area contributed by atoms with Gasteiger partial charge in [-0.05, 0) is 59.1 Å². The van der Waals surface area contributed by atoms with Gasteiger partial charge in [0.1, 0.15) is 17.3 Å². The van der Waals surface area contributed by atoms with Crippen LogP contribution >= 0.6 is 31.9 Å². The van der Waals surface area contributed by atoms with E-state index in [1.165, 1.54) is 6.07 Å². The van der Waals surface area contributed by atoms with E-state index in [0.717, 1.165) is 16.5 Å². The SMILES string of the molecule is CC(N)Cc1ccc(Oc2ccc(Br)c(F)c2)cc1Br. The third-order valence-corrected chi connectivity index (χ3v) is 4.07. The number of ether oxygens (including phenoxy) is 1. The summed E-state index contributed by atoms with van der Waals surface area (Å²) in [6, 6.07) is 10.4. The van der Waals surface area contributed by atoms with E-state index in [0.29, 0.717) is 16.0 Å². The van der Waals surface area contributed by atoms with E-state index >= 15 is 0 Å². The van der Waals surface area contributed by atoms with Crippen LogP contribution in [0.1, 0.15) is 12.5 Å². The van der Waals surface area contributed by atoms with E-state index in [-0.39, 0.29) is 11.9 Å². The summed E-state index contributed by atoms with van der Waals surface area (Å²) >= 11 is 6.61. The van der Waals surface area contributed by atoms with Gasteiger partial charge >= 0.3 is 0 Å². The zero-order valence-corrected chi connectivity index (χ0v) is 14.0. The average molecular weight is 403 g/mol. The highest BCUT2D eigenvalue weighted by Gasteiger charge is 2.07. The second-order valence-electron chi connectivity index (χ2n) is 4.61. The van der Waals surface area contributed by atoms with Crippen LogP contribution < -0.4 is 10.5 Å². The monoisotopic (exact) mass is 401 g/mol. The van der Waals surface area contributed by atoms with Gasteiger partial charge in [0.2, 0.25) is 0 Å². The highest BCUT2D eigenvalue weighted by Crippen LogP contribution is 2.29. The van der Waals surface area contributed by atoms with Crippen LogP contribution in [0, 0.1) is 5.82 Å². The molecule has 20 heavy (non-hydrogen) atoms. The molecule has 0 aromatic heterocycles. The lowest BCUT2D eigenvalue weighted by molar-refractivity contribution is 0.475. The summed E-state index contributed by atoms with van der Waals surface area (Å²) in [6.45, 7) is 1.96. The van der Waals surface area contributed by atoms with Crippen LogP contribution in [0.4, 0.5) is 4.39 Å². The van der Waals surface area contributed by atoms with Crippen molar-refractivity contribution >= 4 is 31.9 Å². The normalized spacial score (nSPS) is 12.2. The van der Waals surface area contributed by atoms with Gasteiger partial charge in [0.15, 0.2) is 0 Å². The Hall–Kier alpha value is -0.910. The van der Waals surface area contributed by atoms with Crippen molar-refractivity contribution in [3.63, 3.8) is 0 Å². The summed E-state index contributed by atoms with van der Waals surface area (Å²) < 4.78 is 20.4. The van der Waals surface area contributed by atoms with Crippen LogP contribution in [0.15, 0.2) is 45.3 Å². The molecule has 0 fully saturated rings. The molecular formula is C15H14Br2FNO. The van der Waals surface area contributed by atoms with Gasteiger partial charge in [-0.3, -0.25) is 0 Å². The maximum absolute atomic E-state index is 13.4. The Morgan fingerprint density at radius 3 is 2.35 bits per heavy atom. The molecule has 2 rings (SSSR count). The first-order valence-corrected chi connectivity index (χ1v) is 7.71. The second kappa shape index (κ2) is 6.70. The molecule has 0 amide bonds. The van der Waals surface area contributed by atoms with Gasteiger partial charge in [-0.1, -0.05) is 22.0 Å². The van der Waals surface area contributed by atoms with Crippen molar-refractivity contribution in [1.29, 1.82) is 0 Å². The third kappa shape index (κ3) is 4.04. The minimum atomic E-state index is -0.352. The van der Waals surface area contributed by atoms with Crippen molar-refractivity contribution < 1.29 is 9.13 Å². The topological polar surface area (TPSA) is 35.2 Å². The van der Waals surface area contributed by atoms with Gasteiger partial charge in [0.25, 0.3) is 0 Å². The van der Waals surface area contributed by atoms with Crippen LogP contribution in [-0.2, 0) is 6.42 Å². The number of nitrogens with two attached hydrogens (primary N) is 1. The second-order valence-corrected chi connectivity index (χ2v) is 6.32. The summed E-state index contributed by atoms with van der Waals surface area (Å²) in [7, 11) is 0. The zero-order chi connectivity index (χ0) is 14.7. The number of benzene rings is 2. The Morgan fingerprint density at radius 1 is 1.10 bits per heavy atom. The molecule has 0 saturated carbocycles. The van der Waals surface area contributed by atoms with Gasteiger partial charge in [0.05, 0.1) is 4.47 Å². The van der Waals surface area contributed by atoms with Crippen molar-refractivity contribution in [2.45, 2.75) is 19.4 Å². The molecular weight excluding hydrogens is 389 g/mol. The number of hydrogen-bond acceptors (Lipinski definition) is 2. The Labute approximate surface area is 134 Å². The Kier molecular flexibility index (Phi) is 5.18. The van der Waals surface area contributed by atoms with E-state index < -0.39 is 0 Å². The van der Waals surface area contributed by atoms with E-state index in [9.17, 15) is 4.39 Å². The molecule has 1 atom stereocenters. The molecule has 0 aliphatic rings. The smallest absolute Gasteiger partial charge is 0.141 e. The van der Waals surface area contributed by atoms with E-state index in [2.05, 4.69) is 31.9 Å². The van der Waals surface area contributed by atoms with Crippen molar-refractivity contribution in [1.82, 2.24) is 0 Å². The van der Waals surface area contributed by atoms with Crippen LogP contribution in [0.5, 0.6) is 11.5 Å². The van der Waals surface area contributed by atoms with Gasteiger partial charge in [-0.25, -0.2) is 4.39 Å². The molecule has 2 aromatic carbocycles. The maximum atomic E-state index is 13.4.